The Morgan fingerprint density at radius 2 is 2.08 bits per heavy atom. The third kappa shape index (κ3) is 3.56. The second-order valence-electron chi connectivity index (χ2n) is 6.76. The number of hydrogen-bond donors (Lipinski definition) is 2. The van der Waals surface area contributed by atoms with Crippen LogP contribution in [0.5, 0.6) is 5.75 Å². The Morgan fingerprint density at radius 1 is 1.31 bits per heavy atom. The number of aromatic amines is 2. The number of amides is 1. The number of aromatic nitrogens is 2. The molecule has 1 aromatic carbocycles. The molecule has 1 atom stereocenters. The van der Waals surface area contributed by atoms with Crippen molar-refractivity contribution in [1.29, 1.82) is 0 Å². The second kappa shape index (κ2) is 7.19. The summed E-state index contributed by atoms with van der Waals surface area (Å²) in [5.74, 6) is 0.853. The number of nitrogens with one attached hydrogen (secondary N) is 2. The first-order chi connectivity index (χ1) is 12.4. The van der Waals surface area contributed by atoms with Gasteiger partial charge in [0.2, 0.25) is 5.91 Å². The van der Waals surface area contributed by atoms with Crippen molar-refractivity contribution >= 4 is 5.91 Å². The number of hydrogen-bond acceptors (Lipinski definition) is 4. The minimum atomic E-state index is -0.539. The van der Waals surface area contributed by atoms with Crippen LogP contribution in [-0.4, -0.2) is 34.4 Å². The fraction of sp³-hybridized carbons (Fsp3) is 0.421. The van der Waals surface area contributed by atoms with E-state index in [9.17, 15) is 14.4 Å². The molecule has 1 aliphatic rings. The van der Waals surface area contributed by atoms with Gasteiger partial charge in [0.1, 0.15) is 5.75 Å². The van der Waals surface area contributed by atoms with E-state index in [0.29, 0.717) is 30.6 Å². The quantitative estimate of drug-likeness (QED) is 0.866. The van der Waals surface area contributed by atoms with Gasteiger partial charge in [-0.15, -0.1) is 0 Å². The van der Waals surface area contributed by atoms with Crippen LogP contribution in [0.2, 0.25) is 0 Å². The predicted molar refractivity (Wildman–Crippen MR) is 97.6 cm³/mol. The average Bonchev–Trinajstić information content (AvgIpc) is 2.61. The van der Waals surface area contributed by atoms with E-state index in [1.807, 2.05) is 32.0 Å². The van der Waals surface area contributed by atoms with E-state index in [2.05, 4.69) is 9.97 Å². The highest BCUT2D eigenvalue weighted by molar-refractivity contribution is 5.77. The van der Waals surface area contributed by atoms with Crippen LogP contribution < -0.4 is 16.0 Å². The first-order valence-electron chi connectivity index (χ1n) is 8.65. The Bertz CT molecular complexity index is 945. The van der Waals surface area contributed by atoms with E-state index < -0.39 is 5.69 Å². The summed E-state index contributed by atoms with van der Waals surface area (Å²) in [6, 6.07) is 5.97. The number of benzene rings is 1. The average molecular weight is 357 g/mol. The fourth-order valence-electron chi connectivity index (χ4n) is 3.34. The molecular weight excluding hydrogens is 334 g/mol. The van der Waals surface area contributed by atoms with Crippen molar-refractivity contribution in [2.45, 2.75) is 39.2 Å². The molecule has 0 fully saturated rings. The Labute approximate surface area is 151 Å². The molecule has 2 aromatic rings. The molecule has 3 rings (SSSR count). The largest absolute Gasteiger partial charge is 0.496 e. The lowest BCUT2D eigenvalue weighted by Crippen LogP contribution is -2.41. The molecule has 0 radical (unpaired) electrons. The van der Waals surface area contributed by atoms with Crippen LogP contribution in [0.4, 0.5) is 0 Å². The third-order valence-corrected chi connectivity index (χ3v) is 4.95. The monoisotopic (exact) mass is 357 g/mol. The molecule has 0 unspecified atom stereocenters. The van der Waals surface area contributed by atoms with Gasteiger partial charge in [-0.1, -0.05) is 19.1 Å². The molecule has 1 aromatic heterocycles. The number of fused-ring (bicyclic) bond motifs is 1. The van der Waals surface area contributed by atoms with E-state index in [4.69, 9.17) is 4.74 Å². The molecule has 0 saturated heterocycles. The van der Waals surface area contributed by atoms with Crippen LogP contribution >= 0.6 is 0 Å². The highest BCUT2D eigenvalue weighted by Crippen LogP contribution is 2.27. The van der Waals surface area contributed by atoms with Crippen LogP contribution in [0.3, 0.4) is 0 Å². The van der Waals surface area contributed by atoms with Crippen molar-refractivity contribution in [3.8, 4) is 5.75 Å². The zero-order chi connectivity index (χ0) is 18.8. The van der Waals surface area contributed by atoms with Gasteiger partial charge in [-0.05, 0) is 36.5 Å². The molecule has 0 saturated carbocycles. The van der Waals surface area contributed by atoms with Gasteiger partial charge in [0.25, 0.3) is 5.56 Å². The number of nitrogens with zero attached hydrogens (tertiary/aromatic N) is 1. The molecule has 1 amide bonds. The van der Waals surface area contributed by atoms with Crippen LogP contribution in [0.15, 0.2) is 27.8 Å². The smallest absolute Gasteiger partial charge is 0.325 e. The number of carbonyl (C=O) groups excluding carboxylic acids is 1. The normalized spacial score (nSPS) is 14.7. The number of aryl methyl sites for hydroxylation is 1. The Balaban J connectivity index is 1.72. The maximum absolute atomic E-state index is 12.7. The van der Waals surface area contributed by atoms with Crippen molar-refractivity contribution in [2.75, 3.05) is 13.7 Å². The fourth-order valence-corrected chi connectivity index (χ4v) is 3.34. The molecular formula is C19H23N3O4. The van der Waals surface area contributed by atoms with Crippen LogP contribution in [0.25, 0.3) is 0 Å². The summed E-state index contributed by atoms with van der Waals surface area (Å²) in [5.41, 5.74) is 2.28. The molecule has 2 N–H and O–H groups in total. The first kappa shape index (κ1) is 18.0. The van der Waals surface area contributed by atoms with Gasteiger partial charge in [-0.3, -0.25) is 14.6 Å². The van der Waals surface area contributed by atoms with E-state index in [1.165, 1.54) is 0 Å². The summed E-state index contributed by atoms with van der Waals surface area (Å²) in [6.07, 6.45) is 0.800. The second-order valence-corrected chi connectivity index (χ2v) is 6.76. The maximum Gasteiger partial charge on any atom is 0.325 e. The molecule has 2 heterocycles. The lowest BCUT2D eigenvalue weighted by molar-refractivity contribution is -0.132. The lowest BCUT2D eigenvalue weighted by Gasteiger charge is -2.29. The van der Waals surface area contributed by atoms with Gasteiger partial charge in [0, 0.05) is 24.2 Å². The molecule has 0 spiro atoms. The Kier molecular flexibility index (Phi) is 4.97. The molecule has 0 bridgehead atoms. The minimum absolute atomic E-state index is 0.00354. The molecule has 0 aliphatic carbocycles. The molecule has 7 nitrogen and oxygen atoms in total. The zero-order valence-electron chi connectivity index (χ0n) is 15.2. The maximum atomic E-state index is 12.7. The molecule has 138 valence electrons. The number of methoxy groups -OCH3 is 1. The van der Waals surface area contributed by atoms with Gasteiger partial charge in [0.15, 0.2) is 0 Å². The summed E-state index contributed by atoms with van der Waals surface area (Å²) in [5, 5.41) is 0. The van der Waals surface area contributed by atoms with Crippen molar-refractivity contribution in [1.82, 2.24) is 14.9 Å². The Hall–Kier alpha value is -2.83. The number of carbonyl (C=O) groups is 1. The van der Waals surface area contributed by atoms with E-state index >= 15 is 0 Å². The number of rotatable bonds is 4. The van der Waals surface area contributed by atoms with Crippen LogP contribution in [-0.2, 0) is 17.8 Å². The van der Waals surface area contributed by atoms with E-state index in [1.54, 1.807) is 12.0 Å². The molecule has 26 heavy (non-hydrogen) atoms. The topological polar surface area (TPSA) is 95.3 Å². The summed E-state index contributed by atoms with van der Waals surface area (Å²) in [6.45, 7) is 4.72. The minimum Gasteiger partial charge on any atom is -0.496 e. The van der Waals surface area contributed by atoms with Crippen LogP contribution in [0.1, 0.15) is 41.6 Å². The molecule has 1 aliphatic heterocycles. The van der Waals surface area contributed by atoms with Gasteiger partial charge in [-0.2, -0.15) is 0 Å². The van der Waals surface area contributed by atoms with Gasteiger partial charge >= 0.3 is 5.69 Å². The predicted octanol–water partition coefficient (Wildman–Crippen LogP) is 1.46. The van der Waals surface area contributed by atoms with Crippen molar-refractivity contribution < 1.29 is 9.53 Å². The Morgan fingerprint density at radius 3 is 2.81 bits per heavy atom. The van der Waals surface area contributed by atoms with Crippen LogP contribution in [0, 0.1) is 6.92 Å². The van der Waals surface area contributed by atoms with Crippen molar-refractivity contribution in [3.63, 3.8) is 0 Å². The summed E-state index contributed by atoms with van der Waals surface area (Å²) in [7, 11) is 1.63. The van der Waals surface area contributed by atoms with Gasteiger partial charge in [0.05, 0.1) is 13.7 Å². The summed E-state index contributed by atoms with van der Waals surface area (Å²) < 4.78 is 5.36. The van der Waals surface area contributed by atoms with E-state index in [0.717, 1.165) is 16.9 Å². The molecule has 7 heteroatoms. The highest BCUT2D eigenvalue weighted by atomic mass is 16.5. The summed E-state index contributed by atoms with van der Waals surface area (Å²) in [4.78, 5) is 42.5. The number of H-pyrrole nitrogens is 2. The SMILES string of the molecule is COc1cc([C@@H](C)CC(=O)N2CCc3c([nH]c(=O)[nH]c3=O)C2)ccc1C. The van der Waals surface area contributed by atoms with Gasteiger partial charge < -0.3 is 14.6 Å². The van der Waals surface area contributed by atoms with Crippen molar-refractivity contribution in [2.24, 2.45) is 0 Å². The summed E-state index contributed by atoms with van der Waals surface area (Å²) >= 11 is 0. The highest BCUT2D eigenvalue weighted by Gasteiger charge is 2.25. The number of ether oxygens (including phenoxy) is 1. The van der Waals surface area contributed by atoms with Crippen molar-refractivity contribution in [3.05, 3.63) is 61.4 Å². The van der Waals surface area contributed by atoms with Gasteiger partial charge in [-0.25, -0.2) is 4.79 Å². The third-order valence-electron chi connectivity index (χ3n) is 4.95. The van der Waals surface area contributed by atoms with E-state index in [-0.39, 0.29) is 23.9 Å². The lowest BCUT2D eigenvalue weighted by atomic mass is 9.95. The first-order valence-corrected chi connectivity index (χ1v) is 8.65. The zero-order valence-corrected chi connectivity index (χ0v) is 15.2. The standard InChI is InChI=1S/C19H23N3O4/c1-11-4-5-13(9-16(11)26-3)12(2)8-17(23)22-7-6-14-15(10-22)20-19(25)21-18(14)24/h4-5,9,12H,6-8,10H2,1-3H3,(H2,20,21,24,25)/t12-/m0/s1.